The molecule has 1 aliphatic rings. The average molecular weight is 322 g/mol. The summed E-state index contributed by atoms with van der Waals surface area (Å²) in [6, 6.07) is 16.6. The number of benzene rings is 2. The SMILES string of the molecule is COc1ccc(/C=C/C(=O)N2NC(=O)CC2c2ccccc2)cc1. The van der Waals surface area contributed by atoms with Crippen LogP contribution in [0.1, 0.15) is 23.6 Å². The number of hydrogen-bond donors (Lipinski definition) is 1. The molecule has 1 unspecified atom stereocenters. The van der Waals surface area contributed by atoms with E-state index in [4.69, 9.17) is 4.74 Å². The van der Waals surface area contributed by atoms with Crippen LogP contribution in [0.2, 0.25) is 0 Å². The number of carbonyl (C=O) groups is 2. The highest BCUT2D eigenvalue weighted by Gasteiger charge is 2.33. The van der Waals surface area contributed by atoms with Crippen molar-refractivity contribution >= 4 is 17.9 Å². The van der Waals surface area contributed by atoms with Crippen molar-refractivity contribution in [1.82, 2.24) is 10.4 Å². The molecule has 0 bridgehead atoms. The van der Waals surface area contributed by atoms with E-state index in [2.05, 4.69) is 5.43 Å². The summed E-state index contributed by atoms with van der Waals surface area (Å²) in [6.45, 7) is 0. The summed E-state index contributed by atoms with van der Waals surface area (Å²) in [4.78, 5) is 24.2. The maximum absolute atomic E-state index is 12.5. The van der Waals surface area contributed by atoms with Gasteiger partial charge in [0, 0.05) is 6.08 Å². The lowest BCUT2D eigenvalue weighted by Crippen LogP contribution is -2.39. The minimum absolute atomic E-state index is 0.157. The number of ether oxygens (including phenoxy) is 1. The second-order valence-electron chi connectivity index (χ2n) is 5.48. The zero-order chi connectivity index (χ0) is 16.9. The van der Waals surface area contributed by atoms with Gasteiger partial charge < -0.3 is 4.74 Å². The first-order valence-corrected chi connectivity index (χ1v) is 7.67. The number of methoxy groups -OCH3 is 1. The summed E-state index contributed by atoms with van der Waals surface area (Å²) in [5.74, 6) is 0.343. The molecule has 1 atom stereocenters. The molecule has 1 N–H and O–H groups in total. The van der Waals surface area contributed by atoms with E-state index in [1.807, 2.05) is 54.6 Å². The molecule has 0 spiro atoms. The number of nitrogens with one attached hydrogen (secondary N) is 1. The number of amides is 2. The molecule has 0 saturated carbocycles. The van der Waals surface area contributed by atoms with E-state index in [-0.39, 0.29) is 24.3 Å². The van der Waals surface area contributed by atoms with Gasteiger partial charge in [-0.15, -0.1) is 0 Å². The second kappa shape index (κ2) is 7.00. The largest absolute Gasteiger partial charge is 0.497 e. The van der Waals surface area contributed by atoms with Crippen LogP contribution in [0.4, 0.5) is 0 Å². The van der Waals surface area contributed by atoms with Crippen molar-refractivity contribution in [2.24, 2.45) is 0 Å². The van der Waals surface area contributed by atoms with Crippen molar-refractivity contribution in [3.05, 3.63) is 71.8 Å². The number of hydrogen-bond acceptors (Lipinski definition) is 3. The molecule has 2 amide bonds. The fraction of sp³-hybridized carbons (Fsp3) is 0.158. The molecule has 1 saturated heterocycles. The Labute approximate surface area is 140 Å². The number of carbonyl (C=O) groups excluding carboxylic acids is 2. The molecule has 24 heavy (non-hydrogen) atoms. The van der Waals surface area contributed by atoms with Crippen LogP contribution in [0, 0.1) is 0 Å². The predicted octanol–water partition coefficient (Wildman–Crippen LogP) is 2.71. The van der Waals surface area contributed by atoms with Gasteiger partial charge in [0.2, 0.25) is 5.91 Å². The molecule has 0 aliphatic carbocycles. The van der Waals surface area contributed by atoms with Crippen LogP contribution >= 0.6 is 0 Å². The van der Waals surface area contributed by atoms with E-state index in [9.17, 15) is 9.59 Å². The molecule has 2 aromatic carbocycles. The van der Waals surface area contributed by atoms with Gasteiger partial charge in [0.1, 0.15) is 5.75 Å². The van der Waals surface area contributed by atoms with Crippen molar-refractivity contribution in [3.8, 4) is 5.75 Å². The van der Waals surface area contributed by atoms with Crippen molar-refractivity contribution in [1.29, 1.82) is 0 Å². The first-order valence-electron chi connectivity index (χ1n) is 7.67. The van der Waals surface area contributed by atoms with Crippen molar-refractivity contribution < 1.29 is 14.3 Å². The van der Waals surface area contributed by atoms with Gasteiger partial charge in [-0.1, -0.05) is 42.5 Å². The summed E-state index contributed by atoms with van der Waals surface area (Å²) in [6.07, 6.45) is 3.45. The van der Waals surface area contributed by atoms with Crippen molar-refractivity contribution in [3.63, 3.8) is 0 Å². The predicted molar refractivity (Wildman–Crippen MR) is 90.8 cm³/mol. The van der Waals surface area contributed by atoms with E-state index in [0.29, 0.717) is 0 Å². The van der Waals surface area contributed by atoms with Gasteiger partial charge in [0.25, 0.3) is 5.91 Å². The van der Waals surface area contributed by atoms with Crippen LogP contribution in [0.5, 0.6) is 5.75 Å². The third kappa shape index (κ3) is 3.46. The minimum Gasteiger partial charge on any atom is -0.497 e. The van der Waals surface area contributed by atoms with Crippen LogP contribution in [0.3, 0.4) is 0 Å². The molecule has 0 aromatic heterocycles. The fourth-order valence-corrected chi connectivity index (χ4v) is 2.64. The Morgan fingerprint density at radius 1 is 1.17 bits per heavy atom. The Morgan fingerprint density at radius 3 is 2.54 bits per heavy atom. The third-order valence-corrected chi connectivity index (χ3v) is 3.89. The monoisotopic (exact) mass is 322 g/mol. The van der Waals surface area contributed by atoms with E-state index in [1.165, 1.54) is 11.1 Å². The van der Waals surface area contributed by atoms with E-state index >= 15 is 0 Å². The average Bonchev–Trinajstić information content (AvgIpc) is 3.03. The highest BCUT2D eigenvalue weighted by molar-refractivity contribution is 5.95. The van der Waals surface area contributed by atoms with Crippen LogP contribution in [-0.2, 0) is 9.59 Å². The summed E-state index contributed by atoms with van der Waals surface area (Å²) >= 11 is 0. The Bertz CT molecular complexity index is 754. The molecule has 5 nitrogen and oxygen atoms in total. The van der Waals surface area contributed by atoms with Crippen LogP contribution < -0.4 is 10.2 Å². The van der Waals surface area contributed by atoms with Crippen molar-refractivity contribution in [2.75, 3.05) is 7.11 Å². The Kier molecular flexibility index (Phi) is 4.61. The molecular formula is C19H18N2O3. The topological polar surface area (TPSA) is 58.6 Å². The quantitative estimate of drug-likeness (QED) is 0.881. The standard InChI is InChI=1S/C19H18N2O3/c1-24-16-10-7-14(8-11-16)9-12-19(23)21-17(13-18(22)20-21)15-5-3-2-4-6-15/h2-12,17H,13H2,1H3,(H,20,22)/b12-9+. The molecule has 122 valence electrons. The Balaban J connectivity index is 1.75. The summed E-state index contributed by atoms with van der Waals surface area (Å²) < 4.78 is 5.10. The minimum atomic E-state index is -0.285. The molecule has 0 radical (unpaired) electrons. The summed E-state index contributed by atoms with van der Waals surface area (Å²) in [5.41, 5.74) is 4.44. The first kappa shape index (κ1) is 15.8. The van der Waals surface area contributed by atoms with Gasteiger partial charge in [0.05, 0.1) is 19.6 Å². The third-order valence-electron chi connectivity index (χ3n) is 3.89. The first-order chi connectivity index (χ1) is 11.7. The van der Waals surface area contributed by atoms with Gasteiger partial charge in [-0.3, -0.25) is 15.0 Å². The van der Waals surface area contributed by atoms with Crippen molar-refractivity contribution in [2.45, 2.75) is 12.5 Å². The summed E-state index contributed by atoms with van der Waals surface area (Å²) in [5, 5.41) is 1.39. The van der Waals surface area contributed by atoms with Gasteiger partial charge in [0.15, 0.2) is 0 Å². The van der Waals surface area contributed by atoms with Crippen LogP contribution in [0.15, 0.2) is 60.7 Å². The highest BCUT2D eigenvalue weighted by atomic mass is 16.5. The molecule has 1 aliphatic heterocycles. The van der Waals surface area contributed by atoms with Gasteiger partial charge in [-0.25, -0.2) is 5.01 Å². The van der Waals surface area contributed by atoms with Gasteiger partial charge in [-0.2, -0.15) is 0 Å². The molecular weight excluding hydrogens is 304 g/mol. The maximum Gasteiger partial charge on any atom is 0.265 e. The van der Waals surface area contributed by atoms with E-state index in [0.717, 1.165) is 16.9 Å². The lowest BCUT2D eigenvalue weighted by molar-refractivity contribution is -0.133. The lowest BCUT2D eigenvalue weighted by Gasteiger charge is -2.22. The zero-order valence-electron chi connectivity index (χ0n) is 13.3. The second-order valence-corrected chi connectivity index (χ2v) is 5.48. The normalized spacial score (nSPS) is 17.1. The Morgan fingerprint density at radius 2 is 1.88 bits per heavy atom. The van der Waals surface area contributed by atoms with Crippen LogP contribution in [0.25, 0.3) is 6.08 Å². The lowest BCUT2D eigenvalue weighted by atomic mass is 10.0. The summed E-state index contributed by atoms with van der Waals surface area (Å²) in [7, 11) is 1.61. The number of rotatable bonds is 4. The zero-order valence-corrected chi connectivity index (χ0v) is 13.3. The van der Waals surface area contributed by atoms with E-state index < -0.39 is 0 Å². The molecule has 3 rings (SSSR count). The molecule has 2 aromatic rings. The van der Waals surface area contributed by atoms with E-state index in [1.54, 1.807) is 13.2 Å². The van der Waals surface area contributed by atoms with Gasteiger partial charge in [-0.05, 0) is 29.3 Å². The molecule has 1 fully saturated rings. The number of hydrazine groups is 1. The smallest absolute Gasteiger partial charge is 0.265 e. The van der Waals surface area contributed by atoms with Gasteiger partial charge >= 0.3 is 0 Å². The highest BCUT2D eigenvalue weighted by Crippen LogP contribution is 2.27. The van der Waals surface area contributed by atoms with Crippen LogP contribution in [-0.4, -0.2) is 23.9 Å². The fourth-order valence-electron chi connectivity index (χ4n) is 2.64. The molecule has 1 heterocycles. The maximum atomic E-state index is 12.5. The Hall–Kier alpha value is -3.08. The molecule has 5 heteroatoms. The number of nitrogens with zero attached hydrogens (tertiary/aromatic N) is 1.